The lowest BCUT2D eigenvalue weighted by molar-refractivity contribution is -0.138. The second-order valence-corrected chi connectivity index (χ2v) is 4.86. The number of nitrogens with zero attached hydrogens (tertiary/aromatic N) is 2. The number of aliphatic carboxylic acids is 1. The van der Waals surface area contributed by atoms with Gasteiger partial charge in [0.25, 0.3) is 0 Å². The molecule has 1 heterocycles. The molecule has 1 N–H and O–H groups in total. The molecule has 0 aliphatic carbocycles. The van der Waals surface area contributed by atoms with Gasteiger partial charge in [0.1, 0.15) is 0 Å². The fourth-order valence-electron chi connectivity index (χ4n) is 1.47. The van der Waals surface area contributed by atoms with Crippen molar-refractivity contribution < 1.29 is 14.7 Å². The van der Waals surface area contributed by atoms with Crippen molar-refractivity contribution in [1.82, 2.24) is 9.88 Å². The third-order valence-electron chi connectivity index (χ3n) is 2.35. The van der Waals surface area contributed by atoms with Crippen molar-refractivity contribution in [3.8, 4) is 0 Å². The normalized spacial score (nSPS) is 12.1. The maximum absolute atomic E-state index is 11.8. The number of aromatic nitrogens is 1. The van der Waals surface area contributed by atoms with E-state index in [1.807, 2.05) is 5.38 Å². The summed E-state index contributed by atoms with van der Waals surface area (Å²) in [5.41, 5.74) is 2.58. The minimum atomic E-state index is -0.868. The van der Waals surface area contributed by atoms with Crippen molar-refractivity contribution >= 4 is 23.2 Å². The summed E-state index contributed by atoms with van der Waals surface area (Å²) in [6, 6.07) is 0. The third-order valence-corrected chi connectivity index (χ3v) is 2.99. The van der Waals surface area contributed by atoms with Gasteiger partial charge in [-0.3, -0.25) is 9.59 Å². The molecule has 1 atom stereocenters. The first-order valence-electron chi connectivity index (χ1n) is 5.32. The average molecular weight is 256 g/mol. The third kappa shape index (κ3) is 4.95. The molecule has 0 radical (unpaired) electrons. The molecule has 17 heavy (non-hydrogen) atoms. The summed E-state index contributed by atoms with van der Waals surface area (Å²) in [6.45, 7) is 2.24. The number of carboxylic acid groups (broad SMARTS) is 1. The van der Waals surface area contributed by atoms with Crippen molar-refractivity contribution in [3.63, 3.8) is 0 Å². The molecule has 94 valence electrons. The van der Waals surface area contributed by atoms with E-state index in [2.05, 4.69) is 4.98 Å². The van der Waals surface area contributed by atoms with E-state index in [0.717, 1.165) is 5.69 Å². The van der Waals surface area contributed by atoms with E-state index in [9.17, 15) is 9.59 Å². The van der Waals surface area contributed by atoms with Gasteiger partial charge in [-0.2, -0.15) is 0 Å². The number of carbonyl (C=O) groups excluding carboxylic acids is 1. The molecule has 1 rings (SSSR count). The van der Waals surface area contributed by atoms with E-state index in [1.54, 1.807) is 24.4 Å². The Labute approximate surface area is 104 Å². The number of hydrogen-bond donors (Lipinski definition) is 1. The number of thiazole rings is 1. The highest BCUT2D eigenvalue weighted by Crippen LogP contribution is 2.11. The molecule has 0 aliphatic rings. The van der Waals surface area contributed by atoms with Crippen LogP contribution in [0.2, 0.25) is 0 Å². The number of hydrogen-bond acceptors (Lipinski definition) is 4. The Morgan fingerprint density at radius 1 is 1.53 bits per heavy atom. The molecule has 0 aliphatic heterocycles. The Balaban J connectivity index is 2.39. The first-order valence-corrected chi connectivity index (χ1v) is 6.26. The van der Waals surface area contributed by atoms with Crippen LogP contribution in [0.15, 0.2) is 10.9 Å². The second-order valence-electron chi connectivity index (χ2n) is 4.14. The maximum atomic E-state index is 11.8. The Morgan fingerprint density at radius 3 is 2.76 bits per heavy atom. The van der Waals surface area contributed by atoms with E-state index in [0.29, 0.717) is 6.54 Å². The van der Waals surface area contributed by atoms with Crippen molar-refractivity contribution in [2.24, 2.45) is 5.92 Å². The lowest BCUT2D eigenvalue weighted by Gasteiger charge is -2.17. The Morgan fingerprint density at radius 2 is 2.24 bits per heavy atom. The Hall–Kier alpha value is -1.43. The molecular weight excluding hydrogens is 240 g/mol. The highest BCUT2D eigenvalue weighted by molar-refractivity contribution is 7.07. The molecule has 0 saturated carbocycles. The van der Waals surface area contributed by atoms with Gasteiger partial charge in [0.2, 0.25) is 5.91 Å². The van der Waals surface area contributed by atoms with Gasteiger partial charge in [-0.1, -0.05) is 6.92 Å². The van der Waals surface area contributed by atoms with Gasteiger partial charge in [-0.05, 0) is 5.92 Å². The van der Waals surface area contributed by atoms with Gasteiger partial charge >= 0.3 is 5.97 Å². The van der Waals surface area contributed by atoms with Crippen LogP contribution in [0, 0.1) is 5.92 Å². The quantitative estimate of drug-likeness (QED) is 0.839. The lowest BCUT2D eigenvalue weighted by Crippen LogP contribution is -2.28. The van der Waals surface area contributed by atoms with Gasteiger partial charge in [0.15, 0.2) is 0 Å². The first kappa shape index (κ1) is 13.6. The molecule has 0 bridgehead atoms. The highest BCUT2D eigenvalue weighted by atomic mass is 32.1. The van der Waals surface area contributed by atoms with Gasteiger partial charge in [0, 0.05) is 25.3 Å². The summed E-state index contributed by atoms with van der Waals surface area (Å²) in [7, 11) is 1.70. The SMILES string of the molecule is CC(CC(=O)O)CC(=O)N(C)Cc1cscn1. The predicted molar refractivity (Wildman–Crippen MR) is 64.6 cm³/mol. The molecule has 0 aromatic carbocycles. The van der Waals surface area contributed by atoms with Crippen LogP contribution >= 0.6 is 11.3 Å². The van der Waals surface area contributed by atoms with Crippen LogP contribution in [0.1, 0.15) is 25.5 Å². The summed E-state index contributed by atoms with van der Waals surface area (Å²) >= 11 is 1.49. The molecule has 6 heteroatoms. The highest BCUT2D eigenvalue weighted by Gasteiger charge is 2.16. The molecule has 0 fully saturated rings. The first-order chi connectivity index (χ1) is 7.99. The number of amides is 1. The number of rotatable bonds is 6. The summed E-state index contributed by atoms with van der Waals surface area (Å²) in [5.74, 6) is -1.06. The van der Waals surface area contributed by atoms with Crippen LogP contribution in [0.25, 0.3) is 0 Å². The molecule has 1 unspecified atom stereocenters. The van der Waals surface area contributed by atoms with Crippen LogP contribution in [-0.4, -0.2) is 33.9 Å². The molecular formula is C11H16N2O3S. The standard InChI is InChI=1S/C11H16N2O3S/c1-8(4-11(15)16)3-10(14)13(2)5-9-6-17-7-12-9/h6-8H,3-5H2,1-2H3,(H,15,16). The summed E-state index contributed by atoms with van der Waals surface area (Å²) in [5, 5.41) is 10.5. The van der Waals surface area contributed by atoms with Crippen LogP contribution in [-0.2, 0) is 16.1 Å². The maximum Gasteiger partial charge on any atom is 0.303 e. The fraction of sp³-hybridized carbons (Fsp3) is 0.545. The van der Waals surface area contributed by atoms with Crippen molar-refractivity contribution in [1.29, 1.82) is 0 Å². The molecule has 1 amide bonds. The van der Waals surface area contributed by atoms with Crippen molar-refractivity contribution in [2.45, 2.75) is 26.3 Å². The molecule has 1 aromatic heterocycles. The smallest absolute Gasteiger partial charge is 0.303 e. The van der Waals surface area contributed by atoms with Crippen LogP contribution in [0.4, 0.5) is 0 Å². The van der Waals surface area contributed by atoms with Crippen molar-refractivity contribution in [3.05, 3.63) is 16.6 Å². The van der Waals surface area contributed by atoms with Gasteiger partial charge in [0.05, 0.1) is 17.7 Å². The molecule has 5 nitrogen and oxygen atoms in total. The molecule has 0 spiro atoms. The Kier molecular flexibility index (Phi) is 5.09. The van der Waals surface area contributed by atoms with E-state index in [-0.39, 0.29) is 24.7 Å². The van der Waals surface area contributed by atoms with Crippen LogP contribution in [0.3, 0.4) is 0 Å². The zero-order valence-corrected chi connectivity index (χ0v) is 10.7. The number of carboxylic acids is 1. The second kappa shape index (κ2) is 6.34. The van der Waals surface area contributed by atoms with Crippen molar-refractivity contribution in [2.75, 3.05) is 7.05 Å². The topological polar surface area (TPSA) is 70.5 Å². The van der Waals surface area contributed by atoms with Crippen LogP contribution in [0.5, 0.6) is 0 Å². The van der Waals surface area contributed by atoms with Crippen LogP contribution < -0.4 is 0 Å². The summed E-state index contributed by atoms with van der Waals surface area (Å²) in [4.78, 5) is 27.9. The average Bonchev–Trinajstić information content (AvgIpc) is 2.68. The van der Waals surface area contributed by atoms with E-state index in [1.165, 1.54) is 11.3 Å². The van der Waals surface area contributed by atoms with Gasteiger partial charge < -0.3 is 10.0 Å². The molecule has 1 aromatic rings. The Bertz CT molecular complexity index is 378. The van der Waals surface area contributed by atoms with E-state index < -0.39 is 5.97 Å². The van der Waals surface area contributed by atoms with Gasteiger partial charge in [-0.15, -0.1) is 11.3 Å². The predicted octanol–water partition coefficient (Wildman–Crippen LogP) is 1.60. The summed E-state index contributed by atoms with van der Waals surface area (Å²) < 4.78 is 0. The fourth-order valence-corrected chi connectivity index (χ4v) is 2.02. The monoisotopic (exact) mass is 256 g/mol. The largest absolute Gasteiger partial charge is 0.481 e. The summed E-state index contributed by atoms with van der Waals surface area (Å²) in [6.07, 6.45) is 0.281. The number of carbonyl (C=O) groups is 2. The van der Waals surface area contributed by atoms with Gasteiger partial charge in [-0.25, -0.2) is 4.98 Å². The molecule has 0 saturated heterocycles. The zero-order chi connectivity index (χ0) is 12.8. The minimum Gasteiger partial charge on any atom is -0.481 e. The van der Waals surface area contributed by atoms with E-state index >= 15 is 0 Å². The lowest BCUT2D eigenvalue weighted by atomic mass is 10.0. The van der Waals surface area contributed by atoms with E-state index in [4.69, 9.17) is 5.11 Å². The zero-order valence-electron chi connectivity index (χ0n) is 9.92. The minimum absolute atomic E-state index is 0.0241.